The smallest absolute Gasteiger partial charge is 0.355 e. The number of anilines is 2. The van der Waals surface area contributed by atoms with Crippen LogP contribution in [0.2, 0.25) is 5.02 Å². The van der Waals surface area contributed by atoms with E-state index in [1.807, 2.05) is 38.1 Å². The summed E-state index contributed by atoms with van der Waals surface area (Å²) in [5.41, 5.74) is 0.666. The molecule has 34 heavy (non-hydrogen) atoms. The van der Waals surface area contributed by atoms with Gasteiger partial charge in [0.25, 0.3) is 0 Å². The molecule has 1 atom stereocenters. The van der Waals surface area contributed by atoms with Crippen LogP contribution in [0.15, 0.2) is 36.5 Å². The number of hydrogen-bond donors (Lipinski definition) is 2. The van der Waals surface area contributed by atoms with Crippen LogP contribution in [0, 0.1) is 11.8 Å². The number of nitrogens with one attached hydrogen (secondary N) is 2. The van der Waals surface area contributed by atoms with Gasteiger partial charge in [-0.05, 0) is 43.0 Å². The zero-order chi connectivity index (χ0) is 24.9. The predicted molar refractivity (Wildman–Crippen MR) is 126 cm³/mol. The van der Waals surface area contributed by atoms with Crippen LogP contribution in [0.5, 0.6) is 0 Å². The number of benzene rings is 1. The highest BCUT2D eigenvalue weighted by Gasteiger charge is 2.33. The molecule has 1 aromatic carbocycles. The molecule has 1 fully saturated rings. The van der Waals surface area contributed by atoms with Crippen molar-refractivity contribution < 1.29 is 22.8 Å². The van der Waals surface area contributed by atoms with Crippen molar-refractivity contribution in [2.75, 3.05) is 23.3 Å². The van der Waals surface area contributed by atoms with E-state index in [9.17, 15) is 22.8 Å². The molecule has 2 amide bonds. The molecule has 0 saturated carbocycles. The topological polar surface area (TPSA) is 74.3 Å². The summed E-state index contributed by atoms with van der Waals surface area (Å²) >= 11 is 6.05. The highest BCUT2D eigenvalue weighted by Crippen LogP contribution is 2.34. The fraction of sp³-hybridized carbons (Fsp3) is 0.458. The van der Waals surface area contributed by atoms with Gasteiger partial charge in [-0.25, -0.2) is 4.98 Å². The lowest BCUT2D eigenvalue weighted by Gasteiger charge is -2.32. The molecule has 2 aromatic rings. The zero-order valence-corrected chi connectivity index (χ0v) is 19.8. The summed E-state index contributed by atoms with van der Waals surface area (Å²) in [4.78, 5) is 30.5. The first kappa shape index (κ1) is 25.8. The van der Waals surface area contributed by atoms with E-state index in [0.717, 1.165) is 24.2 Å². The van der Waals surface area contributed by atoms with Gasteiger partial charge < -0.3 is 15.5 Å². The summed E-state index contributed by atoms with van der Waals surface area (Å²) in [5.74, 6) is -0.123. The van der Waals surface area contributed by atoms with Gasteiger partial charge in [0.05, 0.1) is 10.6 Å². The minimum absolute atomic E-state index is 0.0434. The monoisotopic (exact) mass is 496 g/mol. The van der Waals surface area contributed by atoms with Crippen LogP contribution in [0.25, 0.3) is 0 Å². The molecule has 0 radical (unpaired) electrons. The second-order valence-corrected chi connectivity index (χ2v) is 8.91. The first-order chi connectivity index (χ1) is 16.1. The first-order valence-corrected chi connectivity index (χ1v) is 11.6. The molecule has 6 nitrogen and oxygen atoms in total. The van der Waals surface area contributed by atoms with Gasteiger partial charge in [-0.15, -0.1) is 0 Å². The largest absolute Gasteiger partial charge is 0.417 e. The maximum atomic E-state index is 12.8. The third kappa shape index (κ3) is 6.62. The van der Waals surface area contributed by atoms with E-state index in [4.69, 9.17) is 11.6 Å². The summed E-state index contributed by atoms with van der Waals surface area (Å²) in [6.45, 7) is 5.08. The molecule has 3 rings (SSSR count). The fourth-order valence-electron chi connectivity index (χ4n) is 3.72. The van der Waals surface area contributed by atoms with E-state index in [2.05, 4.69) is 15.6 Å². The Kier molecular flexibility index (Phi) is 8.41. The molecular weight excluding hydrogens is 469 g/mol. The van der Waals surface area contributed by atoms with E-state index in [1.165, 1.54) is 0 Å². The van der Waals surface area contributed by atoms with Crippen LogP contribution >= 0.6 is 11.6 Å². The Bertz CT molecular complexity index is 1020. The number of aromatic nitrogens is 1. The van der Waals surface area contributed by atoms with Crippen LogP contribution in [-0.4, -0.2) is 29.9 Å². The van der Waals surface area contributed by atoms with Crippen LogP contribution in [0.3, 0.4) is 0 Å². The average molecular weight is 497 g/mol. The summed E-state index contributed by atoms with van der Waals surface area (Å²) in [6.07, 6.45) is -1.90. The fourth-order valence-corrected chi connectivity index (χ4v) is 4.00. The van der Waals surface area contributed by atoms with Gasteiger partial charge in [0.15, 0.2) is 0 Å². The molecule has 1 aliphatic heterocycles. The molecule has 0 bridgehead atoms. The van der Waals surface area contributed by atoms with Crippen molar-refractivity contribution in [2.24, 2.45) is 11.8 Å². The zero-order valence-electron chi connectivity index (χ0n) is 19.1. The number of carbonyl (C=O) groups excluding carboxylic acids is 2. The van der Waals surface area contributed by atoms with E-state index in [-0.39, 0.29) is 28.7 Å². The van der Waals surface area contributed by atoms with Gasteiger partial charge in [0.1, 0.15) is 5.82 Å². The van der Waals surface area contributed by atoms with E-state index in [0.29, 0.717) is 44.0 Å². The summed E-state index contributed by atoms with van der Waals surface area (Å²) in [5, 5.41) is 5.76. The second-order valence-electron chi connectivity index (χ2n) is 8.51. The minimum atomic E-state index is -4.50. The lowest BCUT2D eigenvalue weighted by atomic mass is 9.95. The summed E-state index contributed by atoms with van der Waals surface area (Å²) in [6, 6.07) is 8.22. The van der Waals surface area contributed by atoms with E-state index >= 15 is 0 Å². The van der Waals surface area contributed by atoms with Gasteiger partial charge in [-0.1, -0.05) is 37.6 Å². The molecule has 184 valence electrons. The van der Waals surface area contributed by atoms with Gasteiger partial charge >= 0.3 is 6.18 Å². The molecule has 1 unspecified atom stereocenters. The Morgan fingerprint density at radius 1 is 1.24 bits per heavy atom. The molecule has 1 aliphatic rings. The molecule has 2 heterocycles. The number of amides is 2. The molecule has 0 spiro atoms. The van der Waals surface area contributed by atoms with Gasteiger partial charge in [0.2, 0.25) is 11.8 Å². The number of pyridine rings is 1. The van der Waals surface area contributed by atoms with Crippen molar-refractivity contribution in [3.8, 4) is 0 Å². The number of carbonyl (C=O) groups is 2. The van der Waals surface area contributed by atoms with Gasteiger partial charge in [-0.3, -0.25) is 9.59 Å². The minimum Gasteiger partial charge on any atom is -0.355 e. The number of alkyl halides is 3. The van der Waals surface area contributed by atoms with E-state index < -0.39 is 11.7 Å². The number of rotatable bonds is 7. The summed E-state index contributed by atoms with van der Waals surface area (Å²) in [7, 11) is 0. The Morgan fingerprint density at radius 2 is 1.94 bits per heavy atom. The Hall–Kier alpha value is -2.81. The maximum Gasteiger partial charge on any atom is 0.417 e. The molecule has 1 saturated heterocycles. The maximum absolute atomic E-state index is 12.8. The van der Waals surface area contributed by atoms with Crippen molar-refractivity contribution in [1.29, 1.82) is 0 Å². The standard InChI is InChI=1S/C24H28ClF3N4O2/c1-3-15(2)22(33)31-19-6-4-5-16(11-19)13-30-23(34)17-7-9-32(10-8-17)21-20(25)12-18(14-29-21)24(26,27)28/h4-6,11-12,14-15,17H,3,7-10,13H2,1-2H3,(H,30,34)(H,31,33). The summed E-state index contributed by atoms with van der Waals surface area (Å²) < 4.78 is 38.5. The van der Waals surface area contributed by atoms with Crippen LogP contribution in [0.1, 0.15) is 44.2 Å². The number of hydrogen-bond acceptors (Lipinski definition) is 4. The third-order valence-corrected chi connectivity index (χ3v) is 6.31. The molecule has 2 N–H and O–H groups in total. The third-order valence-electron chi connectivity index (χ3n) is 6.04. The molecular formula is C24H28ClF3N4O2. The van der Waals surface area contributed by atoms with Gasteiger partial charge in [-0.2, -0.15) is 13.2 Å². The van der Waals surface area contributed by atoms with Crippen LogP contribution in [-0.2, 0) is 22.3 Å². The lowest BCUT2D eigenvalue weighted by molar-refractivity contribution is -0.137. The van der Waals surface area contributed by atoms with E-state index in [1.54, 1.807) is 4.90 Å². The van der Waals surface area contributed by atoms with Crippen LogP contribution in [0.4, 0.5) is 24.7 Å². The number of nitrogens with zero attached hydrogens (tertiary/aromatic N) is 2. The first-order valence-electron chi connectivity index (χ1n) is 11.2. The quantitative estimate of drug-likeness (QED) is 0.547. The number of piperidine rings is 1. The second kappa shape index (κ2) is 11.1. The average Bonchev–Trinajstić information content (AvgIpc) is 2.81. The van der Waals surface area contributed by atoms with Crippen molar-refractivity contribution in [3.63, 3.8) is 0 Å². The van der Waals surface area contributed by atoms with Gasteiger partial charge in [0, 0.05) is 43.4 Å². The molecule has 10 heteroatoms. The predicted octanol–water partition coefficient (Wildman–Crippen LogP) is 5.27. The van der Waals surface area contributed by atoms with Crippen molar-refractivity contribution in [3.05, 3.63) is 52.7 Å². The van der Waals surface area contributed by atoms with Crippen molar-refractivity contribution in [2.45, 2.75) is 45.8 Å². The van der Waals surface area contributed by atoms with Crippen molar-refractivity contribution >= 4 is 34.9 Å². The van der Waals surface area contributed by atoms with Crippen LogP contribution < -0.4 is 15.5 Å². The number of halogens is 4. The highest BCUT2D eigenvalue weighted by molar-refractivity contribution is 6.33. The molecule has 0 aliphatic carbocycles. The lowest BCUT2D eigenvalue weighted by Crippen LogP contribution is -2.40. The Labute approximate surface area is 201 Å². The normalized spacial score (nSPS) is 15.6. The highest BCUT2D eigenvalue weighted by atomic mass is 35.5. The van der Waals surface area contributed by atoms with Crippen molar-refractivity contribution in [1.82, 2.24) is 10.3 Å². The Balaban J connectivity index is 1.51. The molecule has 1 aromatic heterocycles. The SMILES string of the molecule is CCC(C)C(=O)Nc1cccc(CNC(=O)C2CCN(c3ncc(C(F)(F)F)cc3Cl)CC2)c1. The Morgan fingerprint density at radius 3 is 2.56 bits per heavy atom.